The van der Waals surface area contributed by atoms with Gasteiger partial charge in [-0.1, -0.05) is 6.07 Å². The zero-order valence-corrected chi connectivity index (χ0v) is 18.4. The predicted molar refractivity (Wildman–Crippen MR) is 120 cm³/mol. The second-order valence-electron chi connectivity index (χ2n) is 8.34. The highest BCUT2D eigenvalue weighted by atomic mass is 16.5. The van der Waals surface area contributed by atoms with Gasteiger partial charge in [-0.3, -0.25) is 0 Å². The first-order chi connectivity index (χ1) is 14.3. The maximum atomic E-state index is 11.0. The molecule has 0 spiro atoms. The third-order valence-electron chi connectivity index (χ3n) is 6.10. The quantitative estimate of drug-likeness (QED) is 0.560. The molecule has 3 aromatic carbocycles. The number of methoxy groups -OCH3 is 2. The zero-order chi connectivity index (χ0) is 21.7. The molecular formula is C25H29NO4. The molecule has 0 fully saturated rings. The topological polar surface area (TPSA) is 71.0 Å². The number of hydrogen-bond donors (Lipinski definition) is 3. The van der Waals surface area contributed by atoms with Gasteiger partial charge >= 0.3 is 0 Å². The van der Waals surface area contributed by atoms with Crippen LogP contribution in [0.1, 0.15) is 42.1 Å². The Balaban J connectivity index is 2.18. The Morgan fingerprint density at radius 3 is 2.23 bits per heavy atom. The summed E-state index contributed by atoms with van der Waals surface area (Å²) in [5.74, 6) is 1.68. The Labute approximate surface area is 177 Å². The Hall–Kier alpha value is -2.92. The van der Waals surface area contributed by atoms with Crippen molar-refractivity contribution >= 4 is 10.8 Å². The van der Waals surface area contributed by atoms with Gasteiger partial charge in [0.2, 0.25) is 0 Å². The Kier molecular flexibility index (Phi) is 5.02. The maximum Gasteiger partial charge on any atom is 0.130 e. The molecule has 0 aliphatic carbocycles. The van der Waals surface area contributed by atoms with Crippen molar-refractivity contribution in [2.45, 2.75) is 46.2 Å². The van der Waals surface area contributed by atoms with E-state index >= 15 is 0 Å². The van der Waals surface area contributed by atoms with Crippen LogP contribution in [0.25, 0.3) is 21.9 Å². The van der Waals surface area contributed by atoms with Crippen LogP contribution in [0.15, 0.2) is 24.3 Å². The summed E-state index contributed by atoms with van der Waals surface area (Å²) < 4.78 is 11.4. The van der Waals surface area contributed by atoms with Crippen molar-refractivity contribution < 1.29 is 19.7 Å². The lowest BCUT2D eigenvalue weighted by molar-refractivity contribution is 0.401. The van der Waals surface area contributed by atoms with E-state index in [9.17, 15) is 10.2 Å². The number of ether oxygens (including phenoxy) is 2. The van der Waals surface area contributed by atoms with E-state index in [-0.39, 0.29) is 23.6 Å². The van der Waals surface area contributed by atoms with Crippen LogP contribution in [-0.2, 0) is 6.42 Å². The number of nitrogens with one attached hydrogen (secondary N) is 1. The summed E-state index contributed by atoms with van der Waals surface area (Å²) in [7, 11) is 3.31. The van der Waals surface area contributed by atoms with Crippen LogP contribution in [0.5, 0.6) is 23.0 Å². The number of aromatic hydroxyl groups is 2. The molecule has 2 atom stereocenters. The lowest BCUT2D eigenvalue weighted by atomic mass is 9.81. The predicted octanol–water partition coefficient (Wildman–Crippen LogP) is 5.15. The maximum absolute atomic E-state index is 11.0. The van der Waals surface area contributed by atoms with Crippen LogP contribution >= 0.6 is 0 Å². The van der Waals surface area contributed by atoms with E-state index in [1.807, 2.05) is 32.9 Å². The molecule has 1 aliphatic rings. The molecule has 158 valence electrons. The Morgan fingerprint density at radius 2 is 1.57 bits per heavy atom. The highest BCUT2D eigenvalue weighted by Gasteiger charge is 2.30. The molecule has 0 amide bonds. The lowest BCUT2D eigenvalue weighted by Crippen LogP contribution is -2.36. The standard InChI is InChI=1S/C25H29NO4/c1-12-7-16-22(13(2)9-21(30-6)25(16)20(8-12)29-5)24-17-10-14(3)26-15(4)23(17)18(27)11-19(24)28/h7-9,11,14-15,26-28H,10H2,1-6H3. The molecule has 0 radical (unpaired) electrons. The molecule has 1 heterocycles. The fourth-order valence-corrected chi connectivity index (χ4v) is 4.98. The van der Waals surface area contributed by atoms with Crippen LogP contribution < -0.4 is 14.8 Å². The van der Waals surface area contributed by atoms with E-state index in [1.165, 1.54) is 6.07 Å². The summed E-state index contributed by atoms with van der Waals surface area (Å²) in [5, 5.41) is 27.0. The van der Waals surface area contributed by atoms with E-state index in [1.54, 1.807) is 14.2 Å². The average molecular weight is 408 g/mol. The molecule has 3 aromatic rings. The summed E-state index contributed by atoms with van der Waals surface area (Å²) in [5.41, 5.74) is 5.62. The van der Waals surface area contributed by atoms with Gasteiger partial charge in [-0.25, -0.2) is 0 Å². The largest absolute Gasteiger partial charge is 0.507 e. The van der Waals surface area contributed by atoms with Crippen molar-refractivity contribution in [3.05, 3.63) is 46.5 Å². The van der Waals surface area contributed by atoms with E-state index in [0.29, 0.717) is 6.42 Å². The number of hydrogen-bond acceptors (Lipinski definition) is 5. The molecule has 4 rings (SSSR count). The van der Waals surface area contributed by atoms with Crippen LogP contribution in [-0.4, -0.2) is 30.5 Å². The molecule has 0 saturated carbocycles. The molecule has 3 N–H and O–H groups in total. The zero-order valence-electron chi connectivity index (χ0n) is 18.4. The summed E-state index contributed by atoms with van der Waals surface area (Å²) in [6.07, 6.45) is 0.715. The molecule has 1 aliphatic heterocycles. The second-order valence-corrected chi connectivity index (χ2v) is 8.34. The van der Waals surface area contributed by atoms with Gasteiger partial charge in [-0.2, -0.15) is 0 Å². The molecule has 0 aromatic heterocycles. The van der Waals surface area contributed by atoms with Gasteiger partial charge < -0.3 is 25.0 Å². The van der Waals surface area contributed by atoms with Crippen molar-refractivity contribution in [3.8, 4) is 34.1 Å². The van der Waals surface area contributed by atoms with E-state index in [4.69, 9.17) is 9.47 Å². The number of rotatable bonds is 3. The minimum atomic E-state index is -0.0100. The van der Waals surface area contributed by atoms with Crippen molar-refractivity contribution in [1.29, 1.82) is 0 Å². The minimum absolute atomic E-state index is 0.0100. The number of phenols is 2. The van der Waals surface area contributed by atoms with Crippen molar-refractivity contribution in [2.24, 2.45) is 0 Å². The molecule has 0 saturated heterocycles. The van der Waals surface area contributed by atoms with Crippen LogP contribution in [0.2, 0.25) is 0 Å². The van der Waals surface area contributed by atoms with Gasteiger partial charge in [0.25, 0.3) is 0 Å². The smallest absolute Gasteiger partial charge is 0.130 e. The second kappa shape index (κ2) is 7.40. The van der Waals surface area contributed by atoms with E-state index in [0.717, 1.165) is 55.7 Å². The third kappa shape index (κ3) is 3.05. The third-order valence-corrected chi connectivity index (χ3v) is 6.10. The number of aryl methyl sites for hydroxylation is 2. The fourth-order valence-electron chi connectivity index (χ4n) is 4.98. The summed E-state index contributed by atoms with van der Waals surface area (Å²) >= 11 is 0. The summed E-state index contributed by atoms with van der Waals surface area (Å²) in [6, 6.07) is 7.77. The average Bonchev–Trinajstić information content (AvgIpc) is 2.67. The SMILES string of the molecule is COc1cc(C)cc2c(-c3c(O)cc(O)c4c3CC(C)NC4C)c(C)cc(OC)c12. The lowest BCUT2D eigenvalue weighted by Gasteiger charge is -2.32. The van der Waals surface area contributed by atoms with Gasteiger partial charge in [0.1, 0.15) is 23.0 Å². The molecular weight excluding hydrogens is 378 g/mol. The summed E-state index contributed by atoms with van der Waals surface area (Å²) in [6.45, 7) is 8.22. The molecule has 30 heavy (non-hydrogen) atoms. The summed E-state index contributed by atoms with van der Waals surface area (Å²) in [4.78, 5) is 0. The van der Waals surface area contributed by atoms with Crippen LogP contribution in [0, 0.1) is 13.8 Å². The van der Waals surface area contributed by atoms with Gasteiger partial charge in [-0.15, -0.1) is 0 Å². The van der Waals surface area contributed by atoms with E-state index in [2.05, 4.69) is 18.3 Å². The van der Waals surface area contributed by atoms with E-state index < -0.39 is 0 Å². The first kappa shape index (κ1) is 20.4. The Bertz CT molecular complexity index is 1140. The van der Waals surface area contributed by atoms with Crippen molar-refractivity contribution in [2.75, 3.05) is 14.2 Å². The molecule has 5 heteroatoms. The monoisotopic (exact) mass is 407 g/mol. The van der Waals surface area contributed by atoms with Crippen molar-refractivity contribution in [1.82, 2.24) is 5.32 Å². The number of phenolic OH excluding ortho intramolecular Hbond substituents is 2. The Morgan fingerprint density at radius 1 is 0.900 bits per heavy atom. The first-order valence-corrected chi connectivity index (χ1v) is 10.3. The number of benzene rings is 3. The number of fused-ring (bicyclic) bond motifs is 2. The van der Waals surface area contributed by atoms with Gasteiger partial charge in [0, 0.05) is 29.3 Å². The first-order valence-electron chi connectivity index (χ1n) is 10.3. The van der Waals surface area contributed by atoms with Crippen molar-refractivity contribution in [3.63, 3.8) is 0 Å². The normalized spacial score (nSPS) is 18.3. The van der Waals surface area contributed by atoms with Gasteiger partial charge in [-0.05, 0) is 73.9 Å². The minimum Gasteiger partial charge on any atom is -0.507 e. The molecule has 0 bridgehead atoms. The molecule has 5 nitrogen and oxygen atoms in total. The van der Waals surface area contributed by atoms with Crippen LogP contribution in [0.4, 0.5) is 0 Å². The van der Waals surface area contributed by atoms with Crippen LogP contribution in [0.3, 0.4) is 0 Å². The highest BCUT2D eigenvalue weighted by Crippen LogP contribution is 2.49. The highest BCUT2D eigenvalue weighted by molar-refractivity contribution is 6.06. The molecule has 2 unspecified atom stereocenters. The van der Waals surface area contributed by atoms with Gasteiger partial charge in [0.05, 0.1) is 19.6 Å². The van der Waals surface area contributed by atoms with Gasteiger partial charge in [0.15, 0.2) is 0 Å². The fraction of sp³-hybridized carbons (Fsp3) is 0.360.